The summed E-state index contributed by atoms with van der Waals surface area (Å²) in [6, 6.07) is 22.9. The summed E-state index contributed by atoms with van der Waals surface area (Å²) in [5.74, 6) is 1.35. The lowest BCUT2D eigenvalue weighted by molar-refractivity contribution is 0.0927. The molecule has 0 aliphatic carbocycles. The van der Waals surface area contributed by atoms with E-state index in [4.69, 9.17) is 9.15 Å². The van der Waals surface area contributed by atoms with E-state index in [-0.39, 0.29) is 30.2 Å². The van der Waals surface area contributed by atoms with Crippen molar-refractivity contribution >= 4 is 34.8 Å². The maximum Gasteiger partial charge on any atom is 0.196 e. The second-order valence-corrected chi connectivity index (χ2v) is 9.02. The molecule has 3 aromatic carbocycles. The molecule has 0 amide bonds. The number of ketones is 1. The molecule has 0 radical (unpaired) electrons. The van der Waals surface area contributed by atoms with Gasteiger partial charge in [0, 0.05) is 37.3 Å². The first-order valence-electron chi connectivity index (χ1n) is 12.4. The number of hydrogen-bond donors (Lipinski definition) is 0. The topological polar surface area (TPSA) is 63.0 Å². The normalized spacial score (nSPS) is 13.8. The summed E-state index contributed by atoms with van der Waals surface area (Å²) >= 11 is 0. The van der Waals surface area contributed by atoms with Gasteiger partial charge in [-0.3, -0.25) is 14.5 Å². The molecule has 7 heteroatoms. The van der Waals surface area contributed by atoms with Crippen molar-refractivity contribution in [3.63, 3.8) is 0 Å². The standard InChI is InChI=1S/C30H30N2O4.ClH/c1-3-35-27-15-8-7-14-25(27)32-18-16-31(17-19-32)20-26(33)23-12-9-13-24-28(34)21(2)29(36-30(23)24)22-10-5-4-6-11-22;/h4-15H,3,16-20H2,1-2H3;1H. The van der Waals surface area contributed by atoms with Crippen LogP contribution < -0.4 is 15.1 Å². The zero-order chi connectivity index (χ0) is 25.1. The quantitative estimate of drug-likeness (QED) is 0.297. The van der Waals surface area contributed by atoms with Crippen LogP contribution in [0.5, 0.6) is 5.75 Å². The Labute approximate surface area is 222 Å². The van der Waals surface area contributed by atoms with Crippen molar-refractivity contribution in [2.75, 3.05) is 44.2 Å². The summed E-state index contributed by atoms with van der Waals surface area (Å²) in [4.78, 5) is 31.0. The number of hydrogen-bond acceptors (Lipinski definition) is 6. The smallest absolute Gasteiger partial charge is 0.196 e. The number of para-hydroxylation sites is 3. The van der Waals surface area contributed by atoms with E-state index in [1.54, 1.807) is 25.1 Å². The number of halogens is 1. The molecule has 6 nitrogen and oxygen atoms in total. The van der Waals surface area contributed by atoms with Crippen molar-refractivity contribution in [3.05, 3.63) is 94.1 Å². The second kappa shape index (κ2) is 11.6. The Morgan fingerprint density at radius 3 is 2.35 bits per heavy atom. The molecule has 1 saturated heterocycles. The van der Waals surface area contributed by atoms with Gasteiger partial charge in [-0.25, -0.2) is 0 Å². The third-order valence-corrected chi connectivity index (χ3v) is 6.73. The van der Waals surface area contributed by atoms with E-state index in [1.807, 2.05) is 55.5 Å². The predicted molar refractivity (Wildman–Crippen MR) is 150 cm³/mol. The summed E-state index contributed by atoms with van der Waals surface area (Å²) in [5, 5.41) is 0.440. The third kappa shape index (κ3) is 5.41. The number of Topliss-reactive ketones (excluding diaryl/α,β-unsaturated/α-hetero) is 1. The van der Waals surface area contributed by atoms with Crippen LogP contribution in [0.1, 0.15) is 22.8 Å². The fourth-order valence-electron chi connectivity index (χ4n) is 4.83. The van der Waals surface area contributed by atoms with E-state index in [1.165, 1.54) is 0 Å². The minimum Gasteiger partial charge on any atom is -0.492 e. The van der Waals surface area contributed by atoms with Crippen LogP contribution in [-0.2, 0) is 0 Å². The van der Waals surface area contributed by atoms with Gasteiger partial charge >= 0.3 is 0 Å². The van der Waals surface area contributed by atoms with Gasteiger partial charge in [0.2, 0.25) is 0 Å². The number of benzene rings is 3. The molecule has 1 fully saturated rings. The molecule has 2 heterocycles. The Hall–Kier alpha value is -3.61. The maximum atomic E-state index is 13.4. The molecule has 37 heavy (non-hydrogen) atoms. The number of rotatable bonds is 7. The van der Waals surface area contributed by atoms with Crippen LogP contribution in [0.25, 0.3) is 22.3 Å². The first kappa shape index (κ1) is 26.5. The predicted octanol–water partition coefficient (Wildman–Crippen LogP) is 5.59. The SMILES string of the molecule is CCOc1ccccc1N1CCN(CC(=O)c2cccc3c(=O)c(C)c(-c4ccccc4)oc23)CC1.Cl. The van der Waals surface area contributed by atoms with E-state index in [9.17, 15) is 9.59 Å². The molecule has 1 aromatic heterocycles. The lowest BCUT2D eigenvalue weighted by Crippen LogP contribution is -2.48. The van der Waals surface area contributed by atoms with Gasteiger partial charge in [-0.15, -0.1) is 12.4 Å². The van der Waals surface area contributed by atoms with Gasteiger partial charge in [-0.1, -0.05) is 48.5 Å². The number of carbonyl (C=O) groups excluding carboxylic acids is 1. The van der Waals surface area contributed by atoms with E-state index in [0.29, 0.717) is 34.5 Å². The van der Waals surface area contributed by atoms with Crippen molar-refractivity contribution in [1.82, 2.24) is 4.90 Å². The highest BCUT2D eigenvalue weighted by Gasteiger charge is 2.24. The van der Waals surface area contributed by atoms with Crippen molar-refractivity contribution in [2.45, 2.75) is 13.8 Å². The highest BCUT2D eigenvalue weighted by molar-refractivity contribution is 6.07. The van der Waals surface area contributed by atoms with E-state index >= 15 is 0 Å². The summed E-state index contributed by atoms with van der Waals surface area (Å²) in [5.41, 5.74) is 3.16. The van der Waals surface area contributed by atoms with Crippen molar-refractivity contribution in [3.8, 4) is 17.1 Å². The van der Waals surface area contributed by atoms with Gasteiger partial charge in [0.05, 0.1) is 29.8 Å². The number of carbonyl (C=O) groups is 1. The van der Waals surface area contributed by atoms with Gasteiger partial charge in [0.15, 0.2) is 11.2 Å². The van der Waals surface area contributed by atoms with E-state index in [0.717, 1.165) is 43.2 Å². The number of piperazine rings is 1. The fourth-order valence-corrected chi connectivity index (χ4v) is 4.83. The van der Waals surface area contributed by atoms with E-state index < -0.39 is 0 Å². The molecule has 0 spiro atoms. The van der Waals surface area contributed by atoms with Crippen molar-refractivity contribution in [2.24, 2.45) is 0 Å². The molecule has 1 aliphatic rings. The minimum absolute atomic E-state index is 0. The number of anilines is 1. The highest BCUT2D eigenvalue weighted by Crippen LogP contribution is 2.30. The zero-order valence-electron chi connectivity index (χ0n) is 21.1. The Morgan fingerprint density at radius 2 is 1.62 bits per heavy atom. The van der Waals surface area contributed by atoms with Crippen molar-refractivity contribution in [1.29, 1.82) is 0 Å². The maximum absolute atomic E-state index is 13.4. The average molecular weight is 519 g/mol. The highest BCUT2D eigenvalue weighted by atomic mass is 35.5. The average Bonchev–Trinajstić information content (AvgIpc) is 2.92. The Balaban J connectivity index is 0.00000320. The molecule has 0 saturated carbocycles. The summed E-state index contributed by atoms with van der Waals surface area (Å²) in [7, 11) is 0. The summed E-state index contributed by atoms with van der Waals surface area (Å²) < 4.78 is 12.0. The van der Waals surface area contributed by atoms with Gasteiger partial charge in [0.25, 0.3) is 0 Å². The Morgan fingerprint density at radius 1 is 0.919 bits per heavy atom. The van der Waals surface area contributed by atoms with Gasteiger partial charge < -0.3 is 14.1 Å². The molecule has 1 aliphatic heterocycles. The van der Waals surface area contributed by atoms with Gasteiger partial charge in [-0.05, 0) is 38.1 Å². The molecule has 192 valence electrons. The van der Waals surface area contributed by atoms with Crippen LogP contribution in [0.4, 0.5) is 5.69 Å². The van der Waals surface area contributed by atoms with Crippen LogP contribution >= 0.6 is 12.4 Å². The third-order valence-electron chi connectivity index (χ3n) is 6.73. The van der Waals surface area contributed by atoms with Crippen molar-refractivity contribution < 1.29 is 13.9 Å². The van der Waals surface area contributed by atoms with E-state index in [2.05, 4.69) is 15.9 Å². The molecule has 5 rings (SSSR count). The Bertz CT molecular complexity index is 1440. The molecule has 0 unspecified atom stereocenters. The zero-order valence-corrected chi connectivity index (χ0v) is 21.9. The second-order valence-electron chi connectivity index (χ2n) is 9.02. The first-order chi connectivity index (χ1) is 17.6. The van der Waals surface area contributed by atoms with Crippen LogP contribution in [0.3, 0.4) is 0 Å². The lowest BCUT2D eigenvalue weighted by atomic mass is 10.0. The lowest BCUT2D eigenvalue weighted by Gasteiger charge is -2.36. The summed E-state index contributed by atoms with van der Waals surface area (Å²) in [6.07, 6.45) is 0. The molecule has 0 bridgehead atoms. The van der Waals surface area contributed by atoms with Crippen LogP contribution in [0.2, 0.25) is 0 Å². The Kier molecular flexibility index (Phi) is 8.31. The number of ether oxygens (including phenoxy) is 1. The molecule has 4 aromatic rings. The first-order valence-corrected chi connectivity index (χ1v) is 12.4. The fraction of sp³-hybridized carbons (Fsp3) is 0.267. The summed E-state index contributed by atoms with van der Waals surface area (Å²) in [6.45, 7) is 7.78. The number of nitrogens with zero attached hydrogens (tertiary/aromatic N) is 2. The van der Waals surface area contributed by atoms with Crippen LogP contribution in [-0.4, -0.2) is 50.0 Å². The van der Waals surface area contributed by atoms with Gasteiger partial charge in [-0.2, -0.15) is 0 Å². The monoisotopic (exact) mass is 518 g/mol. The molecular weight excluding hydrogens is 488 g/mol. The van der Waals surface area contributed by atoms with Crippen LogP contribution in [0, 0.1) is 6.92 Å². The molecule has 0 atom stereocenters. The molecule has 0 N–H and O–H groups in total. The number of fused-ring (bicyclic) bond motifs is 1. The molecular formula is C30H31ClN2O4. The van der Waals surface area contributed by atoms with Gasteiger partial charge in [0.1, 0.15) is 17.1 Å². The minimum atomic E-state index is -0.105. The van der Waals surface area contributed by atoms with Crippen LogP contribution in [0.15, 0.2) is 82.0 Å². The largest absolute Gasteiger partial charge is 0.492 e.